The zero-order valence-corrected chi connectivity index (χ0v) is 18.6. The predicted molar refractivity (Wildman–Crippen MR) is 124 cm³/mol. The number of primary amides is 1. The lowest BCUT2D eigenvalue weighted by Gasteiger charge is -2.40. The van der Waals surface area contributed by atoms with Crippen molar-refractivity contribution in [2.75, 3.05) is 18.8 Å². The molecule has 0 spiro atoms. The minimum atomic E-state index is -0.671. The summed E-state index contributed by atoms with van der Waals surface area (Å²) >= 11 is 1.95. The van der Waals surface area contributed by atoms with E-state index in [1.165, 1.54) is 16.9 Å². The molecule has 3 aromatic rings. The van der Waals surface area contributed by atoms with Gasteiger partial charge in [0.15, 0.2) is 0 Å². The van der Waals surface area contributed by atoms with Crippen LogP contribution in [0, 0.1) is 0 Å². The van der Waals surface area contributed by atoms with Gasteiger partial charge in [0.2, 0.25) is 5.91 Å². The summed E-state index contributed by atoms with van der Waals surface area (Å²) in [5.41, 5.74) is 8.52. The van der Waals surface area contributed by atoms with E-state index in [0.717, 1.165) is 42.7 Å². The molecule has 6 nitrogen and oxygen atoms in total. The molecule has 2 unspecified atom stereocenters. The molecule has 5 rings (SSSR count). The third-order valence-corrected chi connectivity index (χ3v) is 7.97. The number of hydrogen-bond donors (Lipinski definition) is 1. The second kappa shape index (κ2) is 8.20. The van der Waals surface area contributed by atoms with Gasteiger partial charge in [-0.05, 0) is 55.7 Å². The van der Waals surface area contributed by atoms with Gasteiger partial charge in [0.1, 0.15) is 6.04 Å². The van der Waals surface area contributed by atoms with Crippen LogP contribution in [0.4, 0.5) is 0 Å². The van der Waals surface area contributed by atoms with E-state index in [2.05, 4.69) is 29.2 Å². The van der Waals surface area contributed by atoms with Gasteiger partial charge < -0.3 is 5.73 Å². The number of nitrogens with zero attached hydrogens (tertiary/aromatic N) is 3. The highest BCUT2D eigenvalue weighted by Crippen LogP contribution is 2.41. The Morgan fingerprint density at radius 3 is 2.45 bits per heavy atom. The Balaban J connectivity index is 1.43. The minimum absolute atomic E-state index is 0.128. The quantitative estimate of drug-likeness (QED) is 0.676. The van der Waals surface area contributed by atoms with E-state index in [-0.39, 0.29) is 11.7 Å². The van der Waals surface area contributed by atoms with Crippen molar-refractivity contribution < 1.29 is 4.79 Å². The molecular weight excluding hydrogens is 408 g/mol. The van der Waals surface area contributed by atoms with Crippen LogP contribution in [0.5, 0.6) is 0 Å². The average molecular weight is 437 g/mol. The standard InChI is InChI=1S/C24H28N4O2S/c1-16(23(25)29)27-20-7-3-4-8-21(20)28(24(27)30)17-10-13-26(14-11-17)19-12-15-31-22-9-5-2-6-18(19)22/h2-9,16-17,19H,10-15H2,1H3,(H2,25,29). The molecular formula is C24H28N4O2S. The number of rotatable bonds is 4. The SMILES string of the molecule is CC(C(N)=O)n1c(=O)n(C2CCN(C3CCSc4ccccc43)CC2)c2ccccc21. The number of imidazole rings is 1. The fraction of sp³-hybridized carbons (Fsp3) is 0.417. The second-order valence-electron chi connectivity index (χ2n) is 8.55. The van der Waals surface area contributed by atoms with Crippen LogP contribution >= 0.6 is 11.8 Å². The van der Waals surface area contributed by atoms with E-state index < -0.39 is 11.9 Å². The topological polar surface area (TPSA) is 73.3 Å². The van der Waals surface area contributed by atoms with Gasteiger partial charge in [-0.25, -0.2) is 4.79 Å². The monoisotopic (exact) mass is 436 g/mol. The molecule has 1 amide bonds. The predicted octanol–water partition coefficient (Wildman–Crippen LogP) is 3.72. The number of likely N-dealkylation sites (tertiary alicyclic amines) is 1. The first-order chi connectivity index (χ1) is 15.1. The fourth-order valence-corrected chi connectivity index (χ4v) is 6.31. The third kappa shape index (κ3) is 3.49. The first kappa shape index (κ1) is 20.4. The molecule has 2 aliphatic heterocycles. The first-order valence-corrected chi connectivity index (χ1v) is 12.0. The fourth-order valence-electron chi connectivity index (χ4n) is 5.21. The van der Waals surface area contributed by atoms with Gasteiger partial charge in [-0.2, -0.15) is 0 Å². The van der Waals surface area contributed by atoms with Gasteiger partial charge in [-0.1, -0.05) is 30.3 Å². The number of hydrogen-bond acceptors (Lipinski definition) is 4. The highest BCUT2D eigenvalue weighted by Gasteiger charge is 2.32. The molecule has 31 heavy (non-hydrogen) atoms. The number of piperidine rings is 1. The molecule has 3 heterocycles. The summed E-state index contributed by atoms with van der Waals surface area (Å²) in [6.45, 7) is 3.62. The number of thioether (sulfide) groups is 1. The van der Waals surface area contributed by atoms with Crippen LogP contribution in [-0.2, 0) is 4.79 Å². The second-order valence-corrected chi connectivity index (χ2v) is 9.68. The van der Waals surface area contributed by atoms with Crippen LogP contribution in [0.15, 0.2) is 58.2 Å². The van der Waals surface area contributed by atoms with E-state index in [4.69, 9.17) is 5.73 Å². The maximum absolute atomic E-state index is 13.4. The van der Waals surface area contributed by atoms with Gasteiger partial charge in [-0.3, -0.25) is 18.8 Å². The van der Waals surface area contributed by atoms with Gasteiger partial charge in [-0.15, -0.1) is 11.8 Å². The summed E-state index contributed by atoms with van der Waals surface area (Å²) in [4.78, 5) is 29.2. The lowest BCUT2D eigenvalue weighted by Crippen LogP contribution is -2.41. The summed E-state index contributed by atoms with van der Waals surface area (Å²) in [7, 11) is 0. The summed E-state index contributed by atoms with van der Waals surface area (Å²) in [6.07, 6.45) is 3.01. The van der Waals surface area contributed by atoms with E-state index in [9.17, 15) is 9.59 Å². The maximum Gasteiger partial charge on any atom is 0.330 e. The van der Waals surface area contributed by atoms with Gasteiger partial charge in [0.05, 0.1) is 11.0 Å². The van der Waals surface area contributed by atoms with Crippen molar-refractivity contribution >= 4 is 28.7 Å². The number of amides is 1. The Hall–Kier alpha value is -2.51. The Morgan fingerprint density at radius 1 is 1.03 bits per heavy atom. The van der Waals surface area contributed by atoms with Crippen LogP contribution in [0.2, 0.25) is 0 Å². The average Bonchev–Trinajstić information content (AvgIpc) is 3.10. The first-order valence-electron chi connectivity index (χ1n) is 11.0. The van der Waals surface area contributed by atoms with Crippen LogP contribution in [-0.4, -0.2) is 38.8 Å². The van der Waals surface area contributed by atoms with Gasteiger partial charge >= 0.3 is 5.69 Å². The molecule has 0 radical (unpaired) electrons. The minimum Gasteiger partial charge on any atom is -0.368 e. The van der Waals surface area contributed by atoms with Crippen molar-refractivity contribution in [3.05, 3.63) is 64.6 Å². The number of para-hydroxylation sites is 2. The Labute approximate surface area is 186 Å². The maximum atomic E-state index is 13.4. The molecule has 0 aliphatic carbocycles. The highest BCUT2D eigenvalue weighted by molar-refractivity contribution is 7.99. The molecule has 1 fully saturated rings. The summed E-state index contributed by atoms with van der Waals surface area (Å²) in [5.74, 6) is 0.660. The van der Waals surface area contributed by atoms with Gasteiger partial charge in [0, 0.05) is 30.1 Å². The number of carbonyl (C=O) groups is 1. The van der Waals surface area contributed by atoms with E-state index in [1.807, 2.05) is 40.6 Å². The van der Waals surface area contributed by atoms with E-state index >= 15 is 0 Å². The number of carbonyl (C=O) groups excluding carboxylic acids is 1. The molecule has 1 aromatic heterocycles. The van der Waals surface area contributed by atoms with Crippen molar-refractivity contribution in [3.63, 3.8) is 0 Å². The smallest absolute Gasteiger partial charge is 0.330 e. The van der Waals surface area contributed by atoms with Crippen molar-refractivity contribution in [2.24, 2.45) is 5.73 Å². The summed E-state index contributed by atoms with van der Waals surface area (Å²) in [6, 6.07) is 16.4. The molecule has 0 saturated carbocycles. The molecule has 2 atom stereocenters. The molecule has 2 aromatic carbocycles. The summed E-state index contributed by atoms with van der Waals surface area (Å²) < 4.78 is 3.45. The molecule has 7 heteroatoms. The van der Waals surface area contributed by atoms with E-state index in [0.29, 0.717) is 6.04 Å². The van der Waals surface area contributed by atoms with Crippen molar-refractivity contribution in [3.8, 4) is 0 Å². The molecule has 2 N–H and O–H groups in total. The van der Waals surface area contributed by atoms with Crippen molar-refractivity contribution in [1.82, 2.24) is 14.0 Å². The normalized spacial score (nSPS) is 21.1. The lowest BCUT2D eigenvalue weighted by atomic mass is 9.97. The zero-order chi connectivity index (χ0) is 21.5. The van der Waals surface area contributed by atoms with Crippen LogP contribution < -0.4 is 11.4 Å². The van der Waals surface area contributed by atoms with Crippen molar-refractivity contribution in [2.45, 2.75) is 49.2 Å². The highest BCUT2D eigenvalue weighted by atomic mass is 32.2. The van der Waals surface area contributed by atoms with Gasteiger partial charge in [0.25, 0.3) is 0 Å². The van der Waals surface area contributed by atoms with Crippen molar-refractivity contribution in [1.29, 1.82) is 0 Å². The molecule has 0 bridgehead atoms. The largest absolute Gasteiger partial charge is 0.368 e. The Bertz CT molecular complexity index is 1180. The zero-order valence-electron chi connectivity index (χ0n) is 17.7. The Morgan fingerprint density at radius 2 is 1.71 bits per heavy atom. The molecule has 2 aliphatic rings. The number of fused-ring (bicyclic) bond motifs is 2. The third-order valence-electron chi connectivity index (χ3n) is 6.84. The van der Waals surface area contributed by atoms with Crippen LogP contribution in [0.1, 0.15) is 49.9 Å². The lowest BCUT2D eigenvalue weighted by molar-refractivity contribution is -0.120. The number of aromatic nitrogens is 2. The van der Waals surface area contributed by atoms with E-state index in [1.54, 1.807) is 11.5 Å². The molecule has 1 saturated heterocycles. The Kier molecular flexibility index (Phi) is 5.40. The van der Waals surface area contributed by atoms with Crippen LogP contribution in [0.3, 0.4) is 0 Å². The van der Waals surface area contributed by atoms with Crippen LogP contribution in [0.25, 0.3) is 11.0 Å². The number of benzene rings is 2. The number of nitrogens with two attached hydrogens (primary N) is 1. The summed E-state index contributed by atoms with van der Waals surface area (Å²) in [5, 5.41) is 0. The molecule has 162 valence electrons.